The van der Waals surface area contributed by atoms with Gasteiger partial charge in [-0.1, -0.05) is 13.0 Å². The fourth-order valence-corrected chi connectivity index (χ4v) is 1.37. The summed E-state index contributed by atoms with van der Waals surface area (Å²) in [5.41, 5.74) is 0. The van der Waals surface area contributed by atoms with Gasteiger partial charge in [0.2, 0.25) is 0 Å². The maximum atomic E-state index is 11.8. The molecule has 0 aromatic heterocycles. The van der Waals surface area contributed by atoms with Crippen LogP contribution in [0.25, 0.3) is 0 Å². The summed E-state index contributed by atoms with van der Waals surface area (Å²) in [6.07, 6.45) is 2.55. The minimum Gasteiger partial charge on any atom is -0.481 e. The van der Waals surface area contributed by atoms with E-state index in [9.17, 15) is 9.59 Å². The molecule has 2 amide bonds. The highest BCUT2D eigenvalue weighted by Gasteiger charge is 2.18. The molecule has 0 aromatic rings. The highest BCUT2D eigenvalue weighted by atomic mass is 16.5. The van der Waals surface area contributed by atoms with E-state index in [0.717, 1.165) is 6.42 Å². The molecule has 0 bridgehead atoms. The molecule has 6 nitrogen and oxygen atoms in total. The Morgan fingerprint density at radius 2 is 2.16 bits per heavy atom. The second-order valence-corrected chi connectivity index (χ2v) is 4.20. The highest BCUT2D eigenvalue weighted by molar-refractivity contribution is 5.75. The van der Waals surface area contributed by atoms with Crippen LogP contribution in [0.15, 0.2) is 12.7 Å². The van der Waals surface area contributed by atoms with Crippen LogP contribution >= 0.6 is 0 Å². The van der Waals surface area contributed by atoms with Crippen LogP contribution in [0.3, 0.4) is 0 Å². The molecule has 0 radical (unpaired) electrons. The first-order chi connectivity index (χ1) is 9.02. The summed E-state index contributed by atoms with van der Waals surface area (Å²) in [4.78, 5) is 24.0. The molecule has 0 heterocycles. The number of nitrogens with one attached hydrogen (secondary N) is 1. The average Bonchev–Trinajstić information content (AvgIpc) is 2.39. The van der Waals surface area contributed by atoms with Crippen molar-refractivity contribution in [3.05, 3.63) is 12.7 Å². The number of ether oxygens (including phenoxy) is 1. The Hall–Kier alpha value is -1.56. The number of carbonyl (C=O) groups excluding carboxylic acids is 1. The van der Waals surface area contributed by atoms with E-state index in [1.165, 1.54) is 4.90 Å². The van der Waals surface area contributed by atoms with Crippen LogP contribution in [0.2, 0.25) is 0 Å². The van der Waals surface area contributed by atoms with E-state index in [-0.39, 0.29) is 12.6 Å². The van der Waals surface area contributed by atoms with Gasteiger partial charge in [-0.05, 0) is 13.3 Å². The Balaban J connectivity index is 3.88. The number of rotatable bonds is 10. The first-order valence-electron chi connectivity index (χ1n) is 6.47. The van der Waals surface area contributed by atoms with Crippen molar-refractivity contribution in [1.82, 2.24) is 10.2 Å². The van der Waals surface area contributed by atoms with Crippen molar-refractivity contribution in [1.29, 1.82) is 0 Å². The van der Waals surface area contributed by atoms with E-state index in [2.05, 4.69) is 11.9 Å². The van der Waals surface area contributed by atoms with Gasteiger partial charge >= 0.3 is 12.0 Å². The van der Waals surface area contributed by atoms with Crippen LogP contribution in [0.4, 0.5) is 4.79 Å². The number of aliphatic carboxylic acids is 1. The van der Waals surface area contributed by atoms with Crippen molar-refractivity contribution in [2.24, 2.45) is 5.92 Å². The van der Waals surface area contributed by atoms with E-state index >= 15 is 0 Å². The fourth-order valence-electron chi connectivity index (χ4n) is 1.37. The summed E-state index contributed by atoms with van der Waals surface area (Å²) in [6, 6.07) is -0.261. The van der Waals surface area contributed by atoms with E-state index in [4.69, 9.17) is 9.84 Å². The molecule has 2 N–H and O–H groups in total. The van der Waals surface area contributed by atoms with E-state index in [1.807, 2.05) is 6.92 Å². The first-order valence-corrected chi connectivity index (χ1v) is 6.47. The Bertz CT molecular complexity index is 294. The summed E-state index contributed by atoms with van der Waals surface area (Å²) >= 11 is 0. The topological polar surface area (TPSA) is 78.9 Å². The molecule has 0 rings (SSSR count). The Morgan fingerprint density at radius 3 is 2.68 bits per heavy atom. The van der Waals surface area contributed by atoms with Crippen molar-refractivity contribution >= 4 is 12.0 Å². The lowest BCUT2D eigenvalue weighted by atomic mass is 10.2. The Labute approximate surface area is 114 Å². The quantitative estimate of drug-likeness (QED) is 0.464. The van der Waals surface area contributed by atoms with Crippen LogP contribution in [0.5, 0.6) is 0 Å². The molecule has 0 spiro atoms. The molecular weight excluding hydrogens is 248 g/mol. The summed E-state index contributed by atoms with van der Waals surface area (Å²) in [7, 11) is 0. The van der Waals surface area contributed by atoms with Crippen LogP contribution in [-0.4, -0.2) is 54.9 Å². The SMILES string of the molecule is C=CCCOCCNC(=O)N(CC)CC(C)C(=O)O. The second-order valence-electron chi connectivity index (χ2n) is 4.20. The first kappa shape index (κ1) is 17.4. The molecule has 1 atom stereocenters. The van der Waals surface area contributed by atoms with Gasteiger partial charge in [0.1, 0.15) is 0 Å². The maximum absolute atomic E-state index is 11.8. The third-order valence-electron chi connectivity index (χ3n) is 2.57. The zero-order chi connectivity index (χ0) is 14.7. The third kappa shape index (κ3) is 8.20. The van der Waals surface area contributed by atoms with Crippen molar-refractivity contribution in [3.8, 4) is 0 Å². The number of hydrogen-bond donors (Lipinski definition) is 2. The molecule has 0 aromatic carbocycles. The van der Waals surface area contributed by atoms with Gasteiger partial charge in [0.15, 0.2) is 0 Å². The van der Waals surface area contributed by atoms with Crippen LogP contribution in [0, 0.1) is 5.92 Å². The zero-order valence-corrected chi connectivity index (χ0v) is 11.7. The molecule has 0 saturated heterocycles. The van der Waals surface area contributed by atoms with E-state index in [1.54, 1.807) is 13.0 Å². The lowest BCUT2D eigenvalue weighted by Crippen LogP contribution is -2.44. The molecule has 0 saturated carbocycles. The molecule has 6 heteroatoms. The monoisotopic (exact) mass is 272 g/mol. The van der Waals surface area contributed by atoms with Crippen molar-refractivity contribution in [3.63, 3.8) is 0 Å². The fraction of sp³-hybridized carbons (Fsp3) is 0.692. The zero-order valence-electron chi connectivity index (χ0n) is 11.7. The van der Waals surface area contributed by atoms with Gasteiger partial charge in [-0.2, -0.15) is 0 Å². The molecule has 0 aliphatic carbocycles. The van der Waals surface area contributed by atoms with E-state index in [0.29, 0.717) is 26.3 Å². The van der Waals surface area contributed by atoms with Gasteiger partial charge in [0.25, 0.3) is 0 Å². The molecule has 1 unspecified atom stereocenters. The summed E-state index contributed by atoms with van der Waals surface area (Å²) in [6.45, 7) is 9.09. The Kier molecular flexibility index (Phi) is 9.52. The van der Waals surface area contributed by atoms with Crippen LogP contribution in [0.1, 0.15) is 20.3 Å². The second kappa shape index (κ2) is 10.4. The number of hydrogen-bond acceptors (Lipinski definition) is 3. The predicted molar refractivity (Wildman–Crippen MR) is 73.1 cm³/mol. The molecular formula is C13H24N2O4. The van der Waals surface area contributed by atoms with Gasteiger partial charge < -0.3 is 20.1 Å². The average molecular weight is 272 g/mol. The smallest absolute Gasteiger partial charge is 0.317 e. The minimum atomic E-state index is -0.904. The largest absolute Gasteiger partial charge is 0.481 e. The van der Waals surface area contributed by atoms with Crippen LogP contribution in [-0.2, 0) is 9.53 Å². The molecule has 0 fully saturated rings. The maximum Gasteiger partial charge on any atom is 0.317 e. The highest BCUT2D eigenvalue weighted by Crippen LogP contribution is 2.00. The van der Waals surface area contributed by atoms with Crippen molar-refractivity contribution < 1.29 is 19.4 Å². The van der Waals surface area contributed by atoms with Gasteiger partial charge in [0, 0.05) is 19.6 Å². The van der Waals surface area contributed by atoms with Gasteiger partial charge in [-0.25, -0.2) is 4.79 Å². The third-order valence-corrected chi connectivity index (χ3v) is 2.57. The van der Waals surface area contributed by atoms with Crippen LogP contribution < -0.4 is 5.32 Å². The number of carbonyl (C=O) groups is 2. The summed E-state index contributed by atoms with van der Waals surface area (Å²) in [5.74, 6) is -1.48. The normalized spacial score (nSPS) is 11.7. The number of amides is 2. The van der Waals surface area contributed by atoms with Gasteiger partial charge in [0.05, 0.1) is 19.1 Å². The molecule has 110 valence electrons. The lowest BCUT2D eigenvalue weighted by molar-refractivity contribution is -0.141. The number of nitrogens with zero attached hydrogens (tertiary/aromatic N) is 1. The predicted octanol–water partition coefficient (Wildman–Crippen LogP) is 1.33. The lowest BCUT2D eigenvalue weighted by Gasteiger charge is -2.23. The minimum absolute atomic E-state index is 0.203. The molecule has 0 aliphatic heterocycles. The summed E-state index contributed by atoms with van der Waals surface area (Å²) in [5, 5.41) is 11.5. The summed E-state index contributed by atoms with van der Waals surface area (Å²) < 4.78 is 5.26. The number of carboxylic acid groups (broad SMARTS) is 1. The van der Waals surface area contributed by atoms with E-state index < -0.39 is 11.9 Å². The van der Waals surface area contributed by atoms with Gasteiger partial charge in [-0.3, -0.25) is 4.79 Å². The van der Waals surface area contributed by atoms with Crippen molar-refractivity contribution in [2.75, 3.05) is 32.8 Å². The molecule has 0 aliphatic rings. The number of carboxylic acids is 1. The van der Waals surface area contributed by atoms with Gasteiger partial charge in [-0.15, -0.1) is 6.58 Å². The molecule has 19 heavy (non-hydrogen) atoms. The standard InChI is InChI=1S/C13H24N2O4/c1-4-6-8-19-9-7-14-13(18)15(5-2)10-11(3)12(16)17/h4,11H,1,5-10H2,2-3H3,(H,14,18)(H,16,17). The number of urea groups is 1. The Morgan fingerprint density at radius 1 is 1.47 bits per heavy atom. The van der Waals surface area contributed by atoms with Crippen molar-refractivity contribution in [2.45, 2.75) is 20.3 Å².